The topological polar surface area (TPSA) is 256 Å². The van der Waals surface area contributed by atoms with E-state index in [-0.39, 0.29) is 36.9 Å². The third-order valence-electron chi connectivity index (χ3n) is 13.8. The van der Waals surface area contributed by atoms with E-state index in [1.807, 2.05) is 43.4 Å². The van der Waals surface area contributed by atoms with E-state index in [0.29, 0.717) is 18.0 Å². The lowest BCUT2D eigenvalue weighted by Crippen LogP contribution is -2.64. The number of rotatable bonds is 17. The minimum atomic E-state index is -1.31. The van der Waals surface area contributed by atoms with E-state index >= 15 is 0 Å². The molecule has 1 fully saturated rings. The van der Waals surface area contributed by atoms with E-state index in [0.717, 1.165) is 43.9 Å². The lowest BCUT2D eigenvalue weighted by molar-refractivity contribution is -0.139. The van der Waals surface area contributed by atoms with Crippen LogP contribution in [-0.2, 0) is 29.3 Å². The van der Waals surface area contributed by atoms with Gasteiger partial charge in [0.1, 0.15) is 24.5 Å². The van der Waals surface area contributed by atoms with Crippen molar-refractivity contribution in [1.82, 2.24) is 20.4 Å². The lowest BCUT2D eigenvalue weighted by atomic mass is 9.75. The van der Waals surface area contributed by atoms with Gasteiger partial charge in [-0.05, 0) is 133 Å². The summed E-state index contributed by atoms with van der Waals surface area (Å²) >= 11 is 9.90. The molecule has 0 saturated carbocycles. The molecule has 6 amide bonds. The van der Waals surface area contributed by atoms with Gasteiger partial charge in [-0.25, -0.2) is 19.2 Å². The van der Waals surface area contributed by atoms with Gasteiger partial charge in [-0.3, -0.25) is 25.0 Å². The number of likely N-dealkylation sites (N-methyl/N-ethyl adjacent to an activating group) is 1. The normalized spacial score (nSPS) is 13.5. The highest BCUT2D eigenvalue weighted by molar-refractivity contribution is 8.00. The maximum Gasteiger partial charge on any atom is 0.404 e. The predicted molar refractivity (Wildman–Crippen MR) is 345 cm³/mol. The number of halogens is 2. The summed E-state index contributed by atoms with van der Waals surface area (Å²) < 4.78 is 14.1. The van der Waals surface area contributed by atoms with Gasteiger partial charge in [0, 0.05) is 56.1 Å². The Bertz CT molecular complexity index is 3220. The molecular weight excluding hydrogens is 1190 g/mol. The molecule has 1 unspecified atom stereocenters. The van der Waals surface area contributed by atoms with Crippen LogP contribution >= 0.6 is 47.5 Å². The lowest BCUT2D eigenvalue weighted by Gasteiger charge is -2.36. The van der Waals surface area contributed by atoms with Gasteiger partial charge in [-0.2, -0.15) is 0 Å². The first-order valence-electron chi connectivity index (χ1n) is 27.8. The number of barbiturate groups is 1. The van der Waals surface area contributed by atoms with Crippen molar-refractivity contribution in [3.8, 4) is 5.75 Å². The first kappa shape index (κ1) is 71.7. The molecule has 23 heteroatoms. The summed E-state index contributed by atoms with van der Waals surface area (Å²) in [5.74, 6) is -2.71. The Hall–Kier alpha value is -7.79. The average molecular weight is 1270 g/mol. The quantitative estimate of drug-likeness (QED) is 0.0323. The molecule has 0 aliphatic carbocycles. The zero-order valence-electron chi connectivity index (χ0n) is 50.4. The molecule has 3 aliphatic heterocycles. The van der Waals surface area contributed by atoms with Gasteiger partial charge in [0.05, 0.1) is 22.7 Å². The number of nitrogens with two attached hydrogens (primary N) is 2. The molecule has 3 heterocycles. The molecule has 19 nitrogen and oxygen atoms in total. The van der Waals surface area contributed by atoms with Crippen molar-refractivity contribution in [3.63, 3.8) is 0 Å². The van der Waals surface area contributed by atoms with Gasteiger partial charge in [0.25, 0.3) is 0 Å². The summed E-state index contributed by atoms with van der Waals surface area (Å²) in [4.78, 5) is 91.7. The van der Waals surface area contributed by atoms with Crippen LogP contribution in [0.15, 0.2) is 165 Å². The molecule has 87 heavy (non-hydrogen) atoms. The number of carboxylic acid groups (broad SMARTS) is 1. The molecule has 0 spiro atoms. The number of anilines is 4. The number of ether oxygens (including phenoxy) is 3. The number of hydrogen-bond acceptors (Lipinski definition) is 16. The molecule has 0 aromatic heterocycles. The van der Waals surface area contributed by atoms with Gasteiger partial charge in [0.15, 0.2) is 5.41 Å². The Kier molecular flexibility index (Phi) is 28.4. The summed E-state index contributed by atoms with van der Waals surface area (Å²) in [6, 6.07) is 46.6. The molecular formula is C64H78Cl2N8O11S2. The van der Waals surface area contributed by atoms with Gasteiger partial charge in [0.2, 0.25) is 11.8 Å². The van der Waals surface area contributed by atoms with Crippen molar-refractivity contribution in [2.45, 2.75) is 91.3 Å². The summed E-state index contributed by atoms with van der Waals surface area (Å²) in [6.07, 6.45) is 1.36. The number of nitrogens with zero attached hydrogens (tertiary/aromatic N) is 4. The Morgan fingerprint density at radius 1 is 0.690 bits per heavy atom. The second-order valence-corrected chi connectivity index (χ2v) is 23.6. The Balaban J connectivity index is 0.000000235. The fourth-order valence-electron chi connectivity index (χ4n) is 9.23. The zero-order valence-corrected chi connectivity index (χ0v) is 53.6. The number of imide groups is 2. The zero-order chi connectivity index (χ0) is 63.1. The number of carbonyl (C=O) groups is 7. The molecule has 0 bridgehead atoms. The van der Waals surface area contributed by atoms with Crippen LogP contribution in [0.5, 0.6) is 5.75 Å². The van der Waals surface area contributed by atoms with Crippen LogP contribution in [0.1, 0.15) is 76.2 Å². The number of nitrogens with one attached hydrogen (secondary N) is 2. The van der Waals surface area contributed by atoms with Gasteiger partial charge < -0.3 is 50.4 Å². The number of esters is 1. The largest absolute Gasteiger partial charge is 0.478 e. The third-order valence-corrected chi connectivity index (χ3v) is 16.3. The fraction of sp³-hybridized carbons (Fsp3) is 0.328. The number of aromatic carboxylic acids is 1. The van der Waals surface area contributed by atoms with E-state index in [9.17, 15) is 33.6 Å². The number of para-hydroxylation sites is 4. The first-order valence-corrected chi connectivity index (χ1v) is 29.8. The second kappa shape index (κ2) is 34.5. The van der Waals surface area contributed by atoms with Crippen molar-refractivity contribution >= 4 is 112 Å². The van der Waals surface area contributed by atoms with E-state index in [1.54, 1.807) is 49.4 Å². The van der Waals surface area contributed by atoms with Crippen molar-refractivity contribution in [2.24, 2.45) is 16.9 Å². The second-order valence-electron chi connectivity index (χ2n) is 21.0. The number of primary amides is 2. The van der Waals surface area contributed by atoms with Crippen LogP contribution in [0.3, 0.4) is 0 Å². The highest BCUT2D eigenvalue weighted by atomic mass is 35.5. The number of benzene rings is 6. The molecule has 7 N–H and O–H groups in total. The maximum atomic E-state index is 12.0. The Labute approximate surface area is 529 Å². The monoisotopic (exact) mass is 1270 g/mol. The highest BCUT2D eigenvalue weighted by Crippen LogP contribution is 2.49. The van der Waals surface area contributed by atoms with Gasteiger partial charge in [-0.1, -0.05) is 141 Å². The van der Waals surface area contributed by atoms with Crippen molar-refractivity contribution < 1.29 is 52.9 Å². The minimum absolute atomic E-state index is 0. The molecule has 6 aromatic carbocycles. The smallest absolute Gasteiger partial charge is 0.404 e. The maximum absolute atomic E-state index is 12.0. The number of amides is 6. The van der Waals surface area contributed by atoms with Crippen LogP contribution < -0.4 is 36.6 Å². The Morgan fingerprint density at radius 2 is 1.16 bits per heavy atom. The molecule has 466 valence electrons. The summed E-state index contributed by atoms with van der Waals surface area (Å²) in [7, 11) is 8.51. The van der Waals surface area contributed by atoms with Crippen LogP contribution in [-0.4, -0.2) is 124 Å². The summed E-state index contributed by atoms with van der Waals surface area (Å²) in [5, 5.41) is 13.8. The van der Waals surface area contributed by atoms with E-state index < -0.39 is 52.8 Å². The van der Waals surface area contributed by atoms with Gasteiger partial charge >= 0.3 is 30.2 Å². The third kappa shape index (κ3) is 20.7. The van der Waals surface area contributed by atoms with E-state index in [1.165, 1.54) is 61.4 Å². The summed E-state index contributed by atoms with van der Waals surface area (Å²) in [6.45, 7) is 12.4. The van der Waals surface area contributed by atoms with Crippen molar-refractivity contribution in [2.75, 3.05) is 70.8 Å². The average Bonchev–Trinajstić information content (AvgIpc) is 1.03. The predicted octanol–water partition coefficient (Wildman–Crippen LogP) is 12.5. The number of fused-ring (bicyclic) bond motifs is 4. The summed E-state index contributed by atoms with van der Waals surface area (Å²) in [5.41, 5.74) is 13.7. The van der Waals surface area contributed by atoms with Crippen molar-refractivity contribution in [1.29, 1.82) is 0 Å². The molecule has 0 radical (unpaired) electrons. The minimum Gasteiger partial charge on any atom is -0.478 e. The standard InChI is InChI=1S/C17H19ClN2S.C17H20N2S.C12H12N2O3.C9H18N2O4.C9H8O4.ClH/c1-19(2)10-5-11-20-14-6-3-4-7-16(14)21-17-9-8-13(18)12-15(17)20;1-13(18(2)3)12-19-14-8-4-6-10-16(14)20-17-11-7-5-9-15(17)19;1-2-12(8-6-4-3-5-7-8)9(15)13-11(17)14-10(12)16;1-3-4-9(2,5-14-7(10)12)6-15-8(11)13;1-6(10)13-8-5-3-2-4-7(8)9(11)12;/h3-4,6-9,12H,5,10-11H2,1-2H3;4-11,13H,12H2,1-3H3;3-7H,2H2,1H3,(H2,13,14,15,16,17);3-6H2,1-2H3,(H2,10,12)(H2,11,13);2-5H,1H3,(H,11,12);1H. The van der Waals surface area contributed by atoms with Crippen LogP contribution in [0.4, 0.5) is 37.1 Å². The van der Waals surface area contributed by atoms with Crippen LogP contribution in [0, 0.1) is 5.41 Å². The highest BCUT2D eigenvalue weighted by Gasteiger charge is 2.50. The molecule has 3 aliphatic rings. The number of carboxylic acids is 1. The number of urea groups is 1. The van der Waals surface area contributed by atoms with E-state index in [2.05, 4.69) is 155 Å². The molecule has 1 atom stereocenters. The fourth-order valence-corrected chi connectivity index (χ4v) is 11.6. The van der Waals surface area contributed by atoms with Crippen LogP contribution in [0.2, 0.25) is 5.02 Å². The number of hydrogen-bond donors (Lipinski definition) is 5. The number of carbonyl (C=O) groups excluding carboxylic acids is 6. The SMILES string of the molecule is CC(=O)Oc1ccccc1C(=O)O.CC(CN1c2ccccc2Sc2ccccc21)N(C)C.CCC1(c2ccccc2)C(=O)NC(=O)NC1=O.CCCC(C)(COC(N)=O)COC(N)=O.CN(C)CCCN1c2ccccc2Sc2ccc(Cl)cc21.Cl. The Morgan fingerprint density at radius 3 is 1.62 bits per heavy atom. The van der Waals surface area contributed by atoms with E-state index in [4.69, 9.17) is 37.6 Å². The molecule has 1 saturated heterocycles. The van der Waals surface area contributed by atoms with Gasteiger partial charge in [-0.15, -0.1) is 12.4 Å². The molecule has 6 aromatic rings. The van der Waals surface area contributed by atoms with Crippen molar-refractivity contribution in [3.05, 3.63) is 162 Å². The first-order chi connectivity index (χ1) is 40.9. The molecule has 9 rings (SSSR count). The van der Waals surface area contributed by atoms with Crippen LogP contribution in [0.25, 0.3) is 0 Å².